The number of rotatable bonds is 8. The predicted octanol–water partition coefficient (Wildman–Crippen LogP) is 2.28. The summed E-state index contributed by atoms with van der Waals surface area (Å²) < 4.78 is 0. The smallest absolute Gasteiger partial charge is 0.0162 e. The van der Waals surface area contributed by atoms with E-state index in [4.69, 9.17) is 5.73 Å². The molecule has 0 fully saturated rings. The second-order valence-electron chi connectivity index (χ2n) is 3.97. The molecule has 2 unspecified atom stereocenters. The van der Waals surface area contributed by atoms with Gasteiger partial charge in [0.2, 0.25) is 0 Å². The highest BCUT2D eigenvalue weighted by Gasteiger charge is 2.03. The van der Waals surface area contributed by atoms with Gasteiger partial charge >= 0.3 is 0 Å². The third-order valence-electron chi connectivity index (χ3n) is 2.49. The fraction of sp³-hybridized carbons (Fsp3) is 1.00. The highest BCUT2D eigenvalue weighted by Crippen LogP contribution is 2.02. The molecule has 2 heteroatoms. The van der Waals surface area contributed by atoms with Crippen molar-refractivity contribution in [3.63, 3.8) is 0 Å². The van der Waals surface area contributed by atoms with Crippen LogP contribution in [0.2, 0.25) is 0 Å². The van der Waals surface area contributed by atoms with Gasteiger partial charge in [-0.1, -0.05) is 33.1 Å². The summed E-state index contributed by atoms with van der Waals surface area (Å²) in [5.74, 6) is 0. The largest absolute Gasteiger partial charge is 0.327 e. The summed E-state index contributed by atoms with van der Waals surface area (Å²) in [6, 6.07) is 0.956. The Hall–Kier alpha value is -0.0800. The molecule has 0 aliphatic heterocycles. The molecule has 0 heterocycles. The summed E-state index contributed by atoms with van der Waals surface area (Å²) in [5.41, 5.74) is 5.81. The van der Waals surface area contributed by atoms with Crippen molar-refractivity contribution in [1.82, 2.24) is 5.32 Å². The van der Waals surface area contributed by atoms with Crippen LogP contribution in [0.3, 0.4) is 0 Å². The van der Waals surface area contributed by atoms with Gasteiger partial charge in [0.25, 0.3) is 0 Å². The maximum absolute atomic E-state index is 5.81. The van der Waals surface area contributed by atoms with Crippen LogP contribution in [-0.2, 0) is 0 Å². The van der Waals surface area contributed by atoms with Gasteiger partial charge in [-0.15, -0.1) is 0 Å². The van der Waals surface area contributed by atoms with Gasteiger partial charge < -0.3 is 11.1 Å². The molecule has 0 saturated heterocycles. The van der Waals surface area contributed by atoms with Gasteiger partial charge in [-0.2, -0.15) is 0 Å². The van der Waals surface area contributed by atoms with E-state index in [9.17, 15) is 0 Å². The minimum atomic E-state index is 0.327. The quantitative estimate of drug-likeness (QED) is 0.571. The monoisotopic (exact) mass is 186 g/mol. The predicted molar refractivity (Wildman–Crippen MR) is 59.9 cm³/mol. The minimum Gasteiger partial charge on any atom is -0.327 e. The Balaban J connectivity index is 3.24. The summed E-state index contributed by atoms with van der Waals surface area (Å²) in [7, 11) is 0. The summed E-state index contributed by atoms with van der Waals surface area (Å²) in [4.78, 5) is 0. The van der Waals surface area contributed by atoms with Crippen molar-refractivity contribution in [2.45, 2.75) is 65.0 Å². The zero-order valence-electron chi connectivity index (χ0n) is 9.47. The fourth-order valence-electron chi connectivity index (χ4n) is 1.30. The van der Waals surface area contributed by atoms with Crippen molar-refractivity contribution in [1.29, 1.82) is 0 Å². The Bertz CT molecular complexity index is 104. The van der Waals surface area contributed by atoms with Crippen molar-refractivity contribution in [2.75, 3.05) is 6.54 Å². The van der Waals surface area contributed by atoms with Crippen molar-refractivity contribution in [2.24, 2.45) is 5.73 Å². The third-order valence-corrected chi connectivity index (χ3v) is 2.49. The van der Waals surface area contributed by atoms with Gasteiger partial charge in [-0.3, -0.25) is 0 Å². The zero-order chi connectivity index (χ0) is 10.1. The van der Waals surface area contributed by atoms with Crippen LogP contribution in [0.5, 0.6) is 0 Å². The lowest BCUT2D eigenvalue weighted by molar-refractivity contribution is 0.458. The van der Waals surface area contributed by atoms with Crippen molar-refractivity contribution in [3.05, 3.63) is 0 Å². The Kier molecular flexibility index (Phi) is 8.46. The molecule has 0 aliphatic rings. The van der Waals surface area contributed by atoms with E-state index in [2.05, 4.69) is 26.1 Å². The van der Waals surface area contributed by atoms with Gasteiger partial charge in [0, 0.05) is 18.6 Å². The SMILES string of the molecule is CCCCCC(C)NCC(N)CC. The molecular weight excluding hydrogens is 160 g/mol. The molecule has 0 amide bonds. The molecule has 0 rings (SSSR count). The number of nitrogens with two attached hydrogens (primary N) is 1. The minimum absolute atomic E-state index is 0.327. The van der Waals surface area contributed by atoms with E-state index in [0.29, 0.717) is 12.1 Å². The molecule has 0 aromatic carbocycles. The Morgan fingerprint density at radius 1 is 1.23 bits per heavy atom. The molecule has 2 atom stereocenters. The molecule has 0 spiro atoms. The average molecular weight is 186 g/mol. The normalized spacial score (nSPS) is 15.7. The van der Waals surface area contributed by atoms with E-state index in [1.807, 2.05) is 0 Å². The van der Waals surface area contributed by atoms with Gasteiger partial charge in [-0.25, -0.2) is 0 Å². The number of unbranched alkanes of at least 4 members (excludes halogenated alkanes) is 2. The van der Waals surface area contributed by atoms with E-state index >= 15 is 0 Å². The number of hydrogen-bond acceptors (Lipinski definition) is 2. The van der Waals surface area contributed by atoms with Gasteiger partial charge in [-0.05, 0) is 19.8 Å². The number of nitrogens with one attached hydrogen (secondary N) is 1. The molecule has 13 heavy (non-hydrogen) atoms. The average Bonchev–Trinajstić information content (AvgIpc) is 2.14. The van der Waals surface area contributed by atoms with Crippen molar-refractivity contribution < 1.29 is 0 Å². The van der Waals surface area contributed by atoms with Gasteiger partial charge in [0.15, 0.2) is 0 Å². The molecule has 0 aromatic rings. The van der Waals surface area contributed by atoms with Crippen LogP contribution in [0.4, 0.5) is 0 Å². The first-order valence-electron chi connectivity index (χ1n) is 5.69. The standard InChI is InChI=1S/C11H26N2/c1-4-6-7-8-10(3)13-9-11(12)5-2/h10-11,13H,4-9,12H2,1-3H3. The van der Waals surface area contributed by atoms with Crippen LogP contribution >= 0.6 is 0 Å². The van der Waals surface area contributed by atoms with E-state index in [-0.39, 0.29) is 0 Å². The first-order valence-corrected chi connectivity index (χ1v) is 5.69. The summed E-state index contributed by atoms with van der Waals surface area (Å²) in [5, 5.41) is 3.47. The molecule has 3 N–H and O–H groups in total. The molecule has 0 radical (unpaired) electrons. The molecule has 80 valence electrons. The molecule has 0 saturated carbocycles. The molecule has 0 bridgehead atoms. The zero-order valence-corrected chi connectivity index (χ0v) is 9.47. The first kappa shape index (κ1) is 12.9. The summed E-state index contributed by atoms with van der Waals surface area (Å²) >= 11 is 0. The maximum atomic E-state index is 5.81. The third kappa shape index (κ3) is 8.26. The lowest BCUT2D eigenvalue weighted by Crippen LogP contribution is -2.37. The van der Waals surface area contributed by atoms with Crippen LogP contribution in [0.1, 0.15) is 52.9 Å². The second kappa shape index (κ2) is 8.52. The Morgan fingerprint density at radius 3 is 2.46 bits per heavy atom. The van der Waals surface area contributed by atoms with E-state index < -0.39 is 0 Å². The molecule has 2 nitrogen and oxygen atoms in total. The van der Waals surface area contributed by atoms with Crippen molar-refractivity contribution >= 4 is 0 Å². The first-order chi connectivity index (χ1) is 6.20. The summed E-state index contributed by atoms with van der Waals surface area (Å²) in [6.45, 7) is 7.58. The number of hydrogen-bond donors (Lipinski definition) is 2. The van der Waals surface area contributed by atoms with Crippen LogP contribution in [0.15, 0.2) is 0 Å². The molecular formula is C11H26N2. The van der Waals surface area contributed by atoms with Crippen LogP contribution < -0.4 is 11.1 Å². The highest BCUT2D eigenvalue weighted by molar-refractivity contribution is 4.66. The second-order valence-corrected chi connectivity index (χ2v) is 3.97. The van der Waals surface area contributed by atoms with E-state index in [0.717, 1.165) is 13.0 Å². The van der Waals surface area contributed by atoms with E-state index in [1.165, 1.54) is 25.7 Å². The van der Waals surface area contributed by atoms with Gasteiger partial charge in [0.05, 0.1) is 0 Å². The fourth-order valence-corrected chi connectivity index (χ4v) is 1.30. The lowest BCUT2D eigenvalue weighted by Gasteiger charge is -2.16. The Labute approximate surface area is 83.3 Å². The van der Waals surface area contributed by atoms with Gasteiger partial charge in [0.1, 0.15) is 0 Å². The molecule has 0 aromatic heterocycles. The topological polar surface area (TPSA) is 38.0 Å². The maximum Gasteiger partial charge on any atom is 0.0162 e. The van der Waals surface area contributed by atoms with Crippen LogP contribution in [-0.4, -0.2) is 18.6 Å². The van der Waals surface area contributed by atoms with Crippen molar-refractivity contribution in [3.8, 4) is 0 Å². The lowest BCUT2D eigenvalue weighted by atomic mass is 10.1. The van der Waals surface area contributed by atoms with Crippen LogP contribution in [0, 0.1) is 0 Å². The highest BCUT2D eigenvalue weighted by atomic mass is 14.9. The van der Waals surface area contributed by atoms with Crippen LogP contribution in [0.25, 0.3) is 0 Å². The Morgan fingerprint density at radius 2 is 1.92 bits per heavy atom. The van der Waals surface area contributed by atoms with E-state index in [1.54, 1.807) is 0 Å². The molecule has 0 aliphatic carbocycles. The summed E-state index contributed by atoms with van der Waals surface area (Å²) in [6.07, 6.45) is 6.35.